The van der Waals surface area contributed by atoms with E-state index in [4.69, 9.17) is 0 Å². The molecule has 1 aromatic carbocycles. The van der Waals surface area contributed by atoms with Gasteiger partial charge in [0.05, 0.1) is 5.75 Å². The van der Waals surface area contributed by atoms with E-state index in [1.165, 1.54) is 5.56 Å². The minimum atomic E-state index is -3.11. The van der Waals surface area contributed by atoms with E-state index in [0.29, 0.717) is 25.6 Å². The molecule has 1 heterocycles. The summed E-state index contributed by atoms with van der Waals surface area (Å²) in [5.74, 6) is 0.545. The summed E-state index contributed by atoms with van der Waals surface area (Å²) in [5.41, 5.74) is 1.24. The van der Waals surface area contributed by atoms with E-state index in [0.717, 1.165) is 19.4 Å². The van der Waals surface area contributed by atoms with Crippen LogP contribution in [0.5, 0.6) is 0 Å². The molecule has 0 aromatic heterocycles. The normalized spacial score (nSPS) is 20.4. The average Bonchev–Trinajstić information content (AvgIpc) is 2.95. The number of benzene rings is 1. The molecular formula is C15H24N2O2S. The van der Waals surface area contributed by atoms with E-state index < -0.39 is 10.0 Å². The van der Waals surface area contributed by atoms with Gasteiger partial charge in [-0.1, -0.05) is 37.3 Å². The van der Waals surface area contributed by atoms with Crippen LogP contribution in [-0.2, 0) is 10.0 Å². The van der Waals surface area contributed by atoms with Crippen molar-refractivity contribution < 1.29 is 8.42 Å². The topological polar surface area (TPSA) is 49.4 Å². The first kappa shape index (κ1) is 15.5. The highest BCUT2D eigenvalue weighted by atomic mass is 32.2. The van der Waals surface area contributed by atoms with E-state index >= 15 is 0 Å². The van der Waals surface area contributed by atoms with E-state index in [-0.39, 0.29) is 5.75 Å². The Balaban J connectivity index is 1.88. The maximum absolute atomic E-state index is 12.3. The fraction of sp³-hybridized carbons (Fsp3) is 0.600. The lowest BCUT2D eigenvalue weighted by Crippen LogP contribution is -2.35. The molecule has 0 saturated carbocycles. The largest absolute Gasteiger partial charge is 0.316 e. The van der Waals surface area contributed by atoms with Crippen LogP contribution < -0.4 is 5.32 Å². The van der Waals surface area contributed by atoms with Crippen LogP contribution in [-0.4, -0.2) is 44.7 Å². The lowest BCUT2D eigenvalue weighted by atomic mass is 9.99. The Morgan fingerprint density at radius 1 is 1.25 bits per heavy atom. The second-order valence-corrected chi connectivity index (χ2v) is 7.41. The van der Waals surface area contributed by atoms with E-state index in [2.05, 4.69) is 24.4 Å². The maximum Gasteiger partial charge on any atom is 0.215 e. The zero-order chi connectivity index (χ0) is 14.4. The Kier molecular flexibility index (Phi) is 5.57. The number of hydrogen-bond donors (Lipinski definition) is 1. The van der Waals surface area contributed by atoms with Gasteiger partial charge in [0, 0.05) is 19.6 Å². The summed E-state index contributed by atoms with van der Waals surface area (Å²) in [4.78, 5) is 0. The molecule has 1 atom stereocenters. The van der Waals surface area contributed by atoms with Crippen molar-refractivity contribution in [2.75, 3.05) is 31.9 Å². The number of rotatable bonds is 7. The quantitative estimate of drug-likeness (QED) is 0.781. The van der Waals surface area contributed by atoms with Crippen LogP contribution in [0.2, 0.25) is 0 Å². The molecule has 2 rings (SSSR count). The molecule has 1 aromatic rings. The van der Waals surface area contributed by atoms with Crippen LogP contribution in [0.4, 0.5) is 0 Å². The molecule has 1 saturated heterocycles. The summed E-state index contributed by atoms with van der Waals surface area (Å²) in [6.45, 7) is 4.77. The first-order valence-corrected chi connectivity index (χ1v) is 8.98. The van der Waals surface area contributed by atoms with Gasteiger partial charge in [0.15, 0.2) is 0 Å². The van der Waals surface area contributed by atoms with Gasteiger partial charge in [-0.25, -0.2) is 12.7 Å². The van der Waals surface area contributed by atoms with Gasteiger partial charge in [-0.2, -0.15) is 0 Å². The number of nitrogens with one attached hydrogen (secondary N) is 1. The predicted molar refractivity (Wildman–Crippen MR) is 82.3 cm³/mol. The third-order valence-electron chi connectivity index (χ3n) is 3.78. The van der Waals surface area contributed by atoms with Gasteiger partial charge in [0.2, 0.25) is 10.0 Å². The molecule has 0 spiro atoms. The van der Waals surface area contributed by atoms with Crippen molar-refractivity contribution in [1.82, 2.24) is 9.62 Å². The SMILES string of the molecule is CCCNCCS(=O)(=O)N1CCC(c2ccccc2)C1. The molecule has 1 fully saturated rings. The van der Waals surface area contributed by atoms with Gasteiger partial charge >= 0.3 is 0 Å². The standard InChI is InChI=1S/C15H24N2O2S/c1-2-9-16-10-12-20(18,19)17-11-8-15(13-17)14-6-4-3-5-7-14/h3-7,15-16H,2,8-13H2,1H3. The average molecular weight is 296 g/mol. The molecular weight excluding hydrogens is 272 g/mol. The Morgan fingerprint density at radius 2 is 2.00 bits per heavy atom. The van der Waals surface area contributed by atoms with Crippen molar-refractivity contribution in [3.63, 3.8) is 0 Å². The van der Waals surface area contributed by atoms with Crippen molar-refractivity contribution in [2.45, 2.75) is 25.7 Å². The minimum absolute atomic E-state index is 0.203. The molecule has 4 nitrogen and oxygen atoms in total. The van der Waals surface area contributed by atoms with Crippen molar-refractivity contribution in [3.8, 4) is 0 Å². The molecule has 0 bridgehead atoms. The second kappa shape index (κ2) is 7.20. The first-order valence-electron chi connectivity index (χ1n) is 7.37. The number of nitrogens with zero attached hydrogens (tertiary/aromatic N) is 1. The van der Waals surface area contributed by atoms with Crippen LogP contribution >= 0.6 is 0 Å². The first-order chi connectivity index (χ1) is 9.63. The van der Waals surface area contributed by atoms with Crippen LogP contribution in [0.25, 0.3) is 0 Å². The van der Waals surface area contributed by atoms with Gasteiger partial charge in [-0.05, 0) is 30.9 Å². The summed E-state index contributed by atoms with van der Waals surface area (Å²) in [7, 11) is -3.11. The van der Waals surface area contributed by atoms with Crippen molar-refractivity contribution in [3.05, 3.63) is 35.9 Å². The maximum atomic E-state index is 12.3. The Hall–Kier alpha value is -0.910. The van der Waals surface area contributed by atoms with Crippen molar-refractivity contribution >= 4 is 10.0 Å². The molecule has 1 aliphatic rings. The zero-order valence-corrected chi connectivity index (χ0v) is 12.9. The second-order valence-electron chi connectivity index (χ2n) is 5.32. The molecule has 112 valence electrons. The lowest BCUT2D eigenvalue weighted by molar-refractivity contribution is 0.471. The highest BCUT2D eigenvalue weighted by Gasteiger charge is 2.31. The van der Waals surface area contributed by atoms with Gasteiger partial charge in [-0.15, -0.1) is 0 Å². The summed E-state index contributed by atoms with van der Waals surface area (Å²) >= 11 is 0. The third-order valence-corrected chi connectivity index (χ3v) is 5.62. The van der Waals surface area contributed by atoms with Gasteiger partial charge < -0.3 is 5.32 Å². The monoisotopic (exact) mass is 296 g/mol. The minimum Gasteiger partial charge on any atom is -0.316 e. The molecule has 1 aliphatic heterocycles. The molecule has 0 radical (unpaired) electrons. The number of hydrogen-bond acceptors (Lipinski definition) is 3. The number of sulfonamides is 1. The Morgan fingerprint density at radius 3 is 2.70 bits per heavy atom. The highest BCUT2D eigenvalue weighted by Crippen LogP contribution is 2.28. The summed E-state index contributed by atoms with van der Waals surface area (Å²) in [6, 6.07) is 10.2. The zero-order valence-electron chi connectivity index (χ0n) is 12.1. The fourth-order valence-electron chi connectivity index (χ4n) is 2.61. The Labute approximate surface area is 122 Å². The Bertz CT molecular complexity index is 502. The van der Waals surface area contributed by atoms with Crippen LogP contribution in [0.1, 0.15) is 31.2 Å². The van der Waals surface area contributed by atoms with E-state index in [9.17, 15) is 8.42 Å². The molecule has 0 aliphatic carbocycles. The van der Waals surface area contributed by atoms with Gasteiger partial charge in [0.1, 0.15) is 0 Å². The summed E-state index contributed by atoms with van der Waals surface area (Å²) in [5, 5.41) is 3.15. The highest BCUT2D eigenvalue weighted by molar-refractivity contribution is 7.89. The van der Waals surface area contributed by atoms with Crippen molar-refractivity contribution in [1.29, 1.82) is 0 Å². The summed E-state index contributed by atoms with van der Waals surface area (Å²) < 4.78 is 26.2. The van der Waals surface area contributed by atoms with Gasteiger partial charge in [0.25, 0.3) is 0 Å². The van der Waals surface area contributed by atoms with Crippen LogP contribution in [0.15, 0.2) is 30.3 Å². The van der Waals surface area contributed by atoms with Crippen molar-refractivity contribution in [2.24, 2.45) is 0 Å². The van der Waals surface area contributed by atoms with Crippen LogP contribution in [0.3, 0.4) is 0 Å². The fourth-order valence-corrected chi connectivity index (χ4v) is 4.06. The van der Waals surface area contributed by atoms with Gasteiger partial charge in [-0.3, -0.25) is 0 Å². The molecule has 5 heteroatoms. The molecule has 1 unspecified atom stereocenters. The van der Waals surface area contributed by atoms with E-state index in [1.54, 1.807) is 4.31 Å². The predicted octanol–water partition coefficient (Wildman–Crippen LogP) is 1.81. The molecule has 1 N–H and O–H groups in total. The van der Waals surface area contributed by atoms with E-state index in [1.807, 2.05) is 18.2 Å². The smallest absolute Gasteiger partial charge is 0.215 e. The lowest BCUT2D eigenvalue weighted by Gasteiger charge is -2.17. The molecule has 20 heavy (non-hydrogen) atoms. The third kappa shape index (κ3) is 4.04. The summed E-state index contributed by atoms with van der Waals surface area (Å²) in [6.07, 6.45) is 1.95. The van der Waals surface area contributed by atoms with Crippen LogP contribution in [0, 0.1) is 0 Å². The molecule has 0 amide bonds.